The number of aromatic nitrogens is 3. The number of anilines is 1. The number of carbonyl (C=O) groups is 1. The van der Waals surface area contributed by atoms with Crippen molar-refractivity contribution in [2.24, 2.45) is 0 Å². The van der Waals surface area contributed by atoms with E-state index >= 15 is 0 Å². The number of methoxy groups -OCH3 is 1. The van der Waals surface area contributed by atoms with Crippen molar-refractivity contribution < 1.29 is 9.53 Å². The van der Waals surface area contributed by atoms with Crippen LogP contribution in [0.25, 0.3) is 10.9 Å². The number of nitrogens with one attached hydrogen (secondary N) is 2. The second-order valence-electron chi connectivity index (χ2n) is 8.73. The third-order valence-corrected chi connectivity index (χ3v) is 6.59. The minimum absolute atomic E-state index is 0.0214. The van der Waals surface area contributed by atoms with E-state index in [-0.39, 0.29) is 11.8 Å². The van der Waals surface area contributed by atoms with Gasteiger partial charge in [0, 0.05) is 68.1 Å². The molecule has 1 amide bonds. The number of H-pyrrole nitrogens is 1. The number of amides is 1. The number of piperazine rings is 1. The van der Waals surface area contributed by atoms with E-state index in [0.29, 0.717) is 13.1 Å². The maximum Gasteiger partial charge on any atom is 0.234 e. The number of ether oxygens (including phenoxy) is 1. The summed E-state index contributed by atoms with van der Waals surface area (Å²) in [5, 5.41) is 4.36. The first-order chi connectivity index (χ1) is 17.2. The highest BCUT2D eigenvalue weighted by Gasteiger charge is 2.22. The maximum atomic E-state index is 12.9. The zero-order chi connectivity index (χ0) is 24.0. The normalized spacial score (nSPS) is 15.2. The van der Waals surface area contributed by atoms with Gasteiger partial charge in [0.05, 0.1) is 13.7 Å². The topological polar surface area (TPSA) is 86.4 Å². The minimum Gasteiger partial charge on any atom is -0.497 e. The fourth-order valence-electron chi connectivity index (χ4n) is 4.66. The first-order valence-corrected chi connectivity index (χ1v) is 11.9. The minimum atomic E-state index is 0.0214. The Morgan fingerprint density at radius 1 is 1.03 bits per heavy atom. The van der Waals surface area contributed by atoms with Crippen LogP contribution < -0.4 is 15.0 Å². The average molecular weight is 471 g/mol. The predicted molar refractivity (Wildman–Crippen MR) is 137 cm³/mol. The van der Waals surface area contributed by atoms with Crippen molar-refractivity contribution in [2.75, 3.05) is 51.3 Å². The molecule has 4 aromatic rings. The zero-order valence-electron chi connectivity index (χ0n) is 19.9. The highest BCUT2D eigenvalue weighted by atomic mass is 16.5. The van der Waals surface area contributed by atoms with Gasteiger partial charge >= 0.3 is 0 Å². The highest BCUT2D eigenvalue weighted by Crippen LogP contribution is 2.31. The van der Waals surface area contributed by atoms with Gasteiger partial charge in [-0.2, -0.15) is 0 Å². The number of hydrogen-bond acceptors (Lipinski definition) is 6. The van der Waals surface area contributed by atoms with Gasteiger partial charge in [-0.15, -0.1) is 0 Å². The van der Waals surface area contributed by atoms with Crippen molar-refractivity contribution in [1.82, 2.24) is 25.2 Å². The van der Waals surface area contributed by atoms with Gasteiger partial charge in [0.25, 0.3) is 0 Å². The van der Waals surface area contributed by atoms with Gasteiger partial charge in [-0.1, -0.05) is 30.3 Å². The van der Waals surface area contributed by atoms with Crippen molar-refractivity contribution in [3.05, 3.63) is 84.3 Å². The molecule has 1 aliphatic rings. The molecule has 1 atom stereocenters. The molecule has 8 nitrogen and oxygen atoms in total. The van der Waals surface area contributed by atoms with Crippen LogP contribution >= 0.6 is 0 Å². The van der Waals surface area contributed by atoms with E-state index in [9.17, 15) is 4.79 Å². The molecule has 0 unspecified atom stereocenters. The van der Waals surface area contributed by atoms with E-state index in [1.54, 1.807) is 19.5 Å². The number of hydrogen-bond donors (Lipinski definition) is 2. The summed E-state index contributed by atoms with van der Waals surface area (Å²) in [6.45, 7) is 4.12. The summed E-state index contributed by atoms with van der Waals surface area (Å²) in [6.07, 6.45) is 5.57. The Hall–Kier alpha value is -3.91. The van der Waals surface area contributed by atoms with E-state index in [1.165, 1.54) is 10.9 Å². The van der Waals surface area contributed by atoms with Crippen LogP contribution in [-0.4, -0.2) is 72.1 Å². The molecule has 1 fully saturated rings. The Bertz CT molecular complexity index is 1250. The number of nitrogens with zero attached hydrogens (tertiary/aromatic N) is 4. The maximum absolute atomic E-state index is 12.9. The molecule has 0 radical (unpaired) electrons. The number of para-hydroxylation sites is 1. The smallest absolute Gasteiger partial charge is 0.234 e. The lowest BCUT2D eigenvalue weighted by atomic mass is 9.90. The highest BCUT2D eigenvalue weighted by molar-refractivity contribution is 5.84. The number of rotatable bonds is 8. The molecular weight excluding hydrogens is 440 g/mol. The third kappa shape index (κ3) is 5.27. The summed E-state index contributed by atoms with van der Waals surface area (Å²) in [6, 6.07) is 18.2. The Balaban J connectivity index is 1.24. The lowest BCUT2D eigenvalue weighted by Gasteiger charge is -2.34. The summed E-state index contributed by atoms with van der Waals surface area (Å²) >= 11 is 0. The number of aromatic amines is 1. The third-order valence-electron chi connectivity index (χ3n) is 6.59. The van der Waals surface area contributed by atoms with Crippen LogP contribution in [0.2, 0.25) is 0 Å². The first-order valence-electron chi connectivity index (χ1n) is 11.9. The van der Waals surface area contributed by atoms with Gasteiger partial charge < -0.3 is 19.9 Å². The molecule has 1 aliphatic heterocycles. The van der Waals surface area contributed by atoms with E-state index in [0.717, 1.165) is 49.0 Å². The SMILES string of the molecule is COc1ccc([C@H](CNC(=O)CN2CCN(c3ncccn3)CC2)c2c[nH]c3ccccc23)cc1. The van der Waals surface area contributed by atoms with Gasteiger partial charge in [-0.3, -0.25) is 9.69 Å². The lowest BCUT2D eigenvalue weighted by Crippen LogP contribution is -2.50. The van der Waals surface area contributed by atoms with Crippen molar-refractivity contribution in [3.63, 3.8) is 0 Å². The van der Waals surface area contributed by atoms with Crippen molar-refractivity contribution in [1.29, 1.82) is 0 Å². The van der Waals surface area contributed by atoms with Crippen molar-refractivity contribution in [2.45, 2.75) is 5.92 Å². The lowest BCUT2D eigenvalue weighted by molar-refractivity contribution is -0.122. The molecule has 0 saturated carbocycles. The summed E-state index contributed by atoms with van der Waals surface area (Å²) in [5.41, 5.74) is 3.39. The molecule has 5 rings (SSSR count). The monoisotopic (exact) mass is 470 g/mol. The van der Waals surface area contributed by atoms with Crippen LogP contribution in [0.3, 0.4) is 0 Å². The fraction of sp³-hybridized carbons (Fsp3) is 0.296. The summed E-state index contributed by atoms with van der Waals surface area (Å²) < 4.78 is 5.34. The molecule has 8 heteroatoms. The second-order valence-corrected chi connectivity index (χ2v) is 8.73. The van der Waals surface area contributed by atoms with E-state index < -0.39 is 0 Å². The zero-order valence-corrected chi connectivity index (χ0v) is 19.9. The van der Waals surface area contributed by atoms with Crippen LogP contribution in [0.5, 0.6) is 5.75 Å². The number of benzene rings is 2. The molecule has 180 valence electrons. The van der Waals surface area contributed by atoms with Crippen LogP contribution in [0.4, 0.5) is 5.95 Å². The molecule has 0 aliphatic carbocycles. The van der Waals surface area contributed by atoms with Crippen LogP contribution in [-0.2, 0) is 4.79 Å². The quantitative estimate of drug-likeness (QED) is 0.412. The molecular formula is C27H30N6O2. The average Bonchev–Trinajstić information content (AvgIpc) is 3.34. The Labute approximate surface area is 204 Å². The first kappa shape index (κ1) is 22.9. The largest absolute Gasteiger partial charge is 0.497 e. The van der Waals surface area contributed by atoms with Crippen molar-refractivity contribution >= 4 is 22.8 Å². The van der Waals surface area contributed by atoms with Crippen molar-refractivity contribution in [3.8, 4) is 5.75 Å². The Kier molecular flexibility index (Phi) is 6.90. The number of fused-ring (bicyclic) bond motifs is 1. The molecule has 35 heavy (non-hydrogen) atoms. The molecule has 2 aromatic carbocycles. The van der Waals surface area contributed by atoms with Crippen LogP contribution in [0.1, 0.15) is 17.0 Å². The fourth-order valence-corrected chi connectivity index (χ4v) is 4.66. The molecule has 2 aromatic heterocycles. The summed E-state index contributed by atoms with van der Waals surface area (Å²) in [5.74, 6) is 1.62. The molecule has 2 N–H and O–H groups in total. The Morgan fingerprint density at radius 2 is 1.77 bits per heavy atom. The van der Waals surface area contributed by atoms with E-state index in [2.05, 4.69) is 60.5 Å². The Morgan fingerprint density at radius 3 is 2.51 bits per heavy atom. The van der Waals surface area contributed by atoms with E-state index in [4.69, 9.17) is 4.74 Å². The van der Waals surface area contributed by atoms with Gasteiger partial charge in [0.2, 0.25) is 11.9 Å². The molecule has 3 heterocycles. The molecule has 0 bridgehead atoms. The molecule has 1 saturated heterocycles. The summed E-state index contributed by atoms with van der Waals surface area (Å²) in [7, 11) is 1.67. The molecule has 0 spiro atoms. The van der Waals surface area contributed by atoms with Crippen LogP contribution in [0, 0.1) is 0 Å². The van der Waals surface area contributed by atoms with Gasteiger partial charge in [-0.25, -0.2) is 9.97 Å². The second kappa shape index (κ2) is 10.6. The van der Waals surface area contributed by atoms with Gasteiger partial charge in [0.1, 0.15) is 5.75 Å². The predicted octanol–water partition coefficient (Wildman–Crippen LogP) is 3.04. The standard InChI is InChI=1S/C27H30N6O2/c1-35-21-9-7-20(8-10-21)23(24-18-30-25-6-3-2-5-22(24)25)17-31-26(34)19-32-13-15-33(16-14-32)27-28-11-4-12-29-27/h2-12,18,23,30H,13-17,19H2,1H3,(H,31,34)/t23-/m0/s1. The van der Waals surface area contributed by atoms with Crippen LogP contribution in [0.15, 0.2) is 73.2 Å². The van der Waals surface area contributed by atoms with E-state index in [1.807, 2.05) is 30.3 Å². The van der Waals surface area contributed by atoms with Gasteiger partial charge in [-0.05, 0) is 35.4 Å². The van der Waals surface area contributed by atoms with Gasteiger partial charge in [0.15, 0.2) is 0 Å². The number of carbonyl (C=O) groups excluding carboxylic acids is 1. The summed E-state index contributed by atoms with van der Waals surface area (Å²) in [4.78, 5) is 29.3.